The first-order chi connectivity index (χ1) is 6.36. The van der Waals surface area contributed by atoms with Crippen molar-refractivity contribution in [1.29, 1.82) is 0 Å². The third kappa shape index (κ3) is 4.45. The molecule has 2 saturated heterocycles. The van der Waals surface area contributed by atoms with E-state index in [-0.39, 0.29) is 24.8 Å². The fraction of sp³-hybridized carbons (Fsp3) is 1.00. The number of hydrogen-bond acceptors (Lipinski definition) is 3. The van der Waals surface area contributed by atoms with Crippen molar-refractivity contribution in [2.24, 2.45) is 5.73 Å². The van der Waals surface area contributed by atoms with Gasteiger partial charge in [-0.05, 0) is 32.2 Å². The van der Waals surface area contributed by atoms with E-state index in [1.165, 1.54) is 32.2 Å². The van der Waals surface area contributed by atoms with Crippen LogP contribution in [0.1, 0.15) is 25.7 Å². The summed E-state index contributed by atoms with van der Waals surface area (Å²) in [6.07, 6.45) is 4.89. The van der Waals surface area contributed by atoms with E-state index in [2.05, 4.69) is 4.90 Å². The summed E-state index contributed by atoms with van der Waals surface area (Å²) < 4.78 is 5.36. The van der Waals surface area contributed by atoms with Crippen LogP contribution in [0.4, 0.5) is 0 Å². The zero-order chi connectivity index (χ0) is 9.10. The lowest BCUT2D eigenvalue weighted by atomic mass is 10.0. The molecular formula is C10H22Cl2N2O. The number of nitrogens with two attached hydrogens (primary N) is 1. The van der Waals surface area contributed by atoms with Gasteiger partial charge < -0.3 is 10.5 Å². The van der Waals surface area contributed by atoms with Gasteiger partial charge in [-0.1, -0.05) is 0 Å². The quantitative estimate of drug-likeness (QED) is 0.772. The van der Waals surface area contributed by atoms with E-state index in [1.807, 2.05) is 0 Å². The van der Waals surface area contributed by atoms with Crippen LogP contribution < -0.4 is 5.73 Å². The van der Waals surface area contributed by atoms with Crippen molar-refractivity contribution in [1.82, 2.24) is 4.90 Å². The molecule has 0 saturated carbocycles. The summed E-state index contributed by atoms with van der Waals surface area (Å²) in [6.45, 7) is 4.23. The Labute approximate surface area is 105 Å². The molecule has 0 spiro atoms. The molecule has 1 atom stereocenters. The first-order valence-electron chi connectivity index (χ1n) is 5.43. The first-order valence-corrected chi connectivity index (χ1v) is 5.43. The predicted molar refractivity (Wildman–Crippen MR) is 67.1 cm³/mol. The lowest BCUT2D eigenvalue weighted by molar-refractivity contribution is 0.0244. The predicted octanol–water partition coefficient (Wildman–Crippen LogP) is 1.43. The lowest BCUT2D eigenvalue weighted by Crippen LogP contribution is -2.49. The second-order valence-electron chi connectivity index (χ2n) is 4.24. The maximum Gasteiger partial charge on any atom is 0.0480 e. The van der Waals surface area contributed by atoms with Gasteiger partial charge in [0.1, 0.15) is 0 Å². The topological polar surface area (TPSA) is 38.5 Å². The zero-order valence-corrected chi connectivity index (χ0v) is 10.7. The highest BCUT2D eigenvalue weighted by Crippen LogP contribution is 2.18. The average molecular weight is 257 g/mol. The van der Waals surface area contributed by atoms with Gasteiger partial charge in [-0.2, -0.15) is 0 Å². The van der Waals surface area contributed by atoms with Crippen molar-refractivity contribution in [2.75, 3.05) is 26.3 Å². The van der Waals surface area contributed by atoms with Gasteiger partial charge in [-0.15, -0.1) is 24.8 Å². The molecule has 15 heavy (non-hydrogen) atoms. The lowest BCUT2D eigenvalue weighted by Gasteiger charge is -2.38. The summed E-state index contributed by atoms with van der Waals surface area (Å²) in [4.78, 5) is 2.57. The molecular weight excluding hydrogens is 235 g/mol. The van der Waals surface area contributed by atoms with Gasteiger partial charge in [0.15, 0.2) is 0 Å². The summed E-state index contributed by atoms with van der Waals surface area (Å²) in [5, 5.41) is 0. The Balaban J connectivity index is 0.000000980. The van der Waals surface area contributed by atoms with E-state index in [1.54, 1.807) is 0 Å². The molecule has 0 aliphatic carbocycles. The number of likely N-dealkylation sites (tertiary alicyclic amines) is 1. The molecule has 2 aliphatic rings. The van der Waals surface area contributed by atoms with Crippen LogP contribution in [0, 0.1) is 0 Å². The maximum absolute atomic E-state index is 5.96. The Morgan fingerprint density at radius 3 is 2.33 bits per heavy atom. The van der Waals surface area contributed by atoms with Gasteiger partial charge in [0.2, 0.25) is 0 Å². The van der Waals surface area contributed by atoms with Crippen molar-refractivity contribution in [2.45, 2.75) is 37.8 Å². The van der Waals surface area contributed by atoms with Crippen LogP contribution in [0.25, 0.3) is 0 Å². The Morgan fingerprint density at radius 2 is 1.73 bits per heavy atom. The Hall–Kier alpha value is 0.460. The number of halogens is 2. The van der Waals surface area contributed by atoms with Gasteiger partial charge in [0.25, 0.3) is 0 Å². The number of piperidine rings is 1. The van der Waals surface area contributed by atoms with Crippen molar-refractivity contribution in [3.63, 3.8) is 0 Å². The van der Waals surface area contributed by atoms with Crippen LogP contribution in [0.5, 0.6) is 0 Å². The van der Waals surface area contributed by atoms with E-state index in [0.29, 0.717) is 6.04 Å². The van der Waals surface area contributed by atoms with Crippen molar-refractivity contribution < 1.29 is 4.74 Å². The third-order valence-corrected chi connectivity index (χ3v) is 3.20. The molecule has 3 nitrogen and oxygen atoms in total. The van der Waals surface area contributed by atoms with Gasteiger partial charge in [0, 0.05) is 31.8 Å². The van der Waals surface area contributed by atoms with E-state index in [0.717, 1.165) is 25.8 Å². The number of hydrogen-bond donors (Lipinski definition) is 1. The number of nitrogens with zero attached hydrogens (tertiary/aromatic N) is 1. The van der Waals surface area contributed by atoms with Crippen LogP contribution in [0.2, 0.25) is 0 Å². The molecule has 2 heterocycles. The zero-order valence-electron chi connectivity index (χ0n) is 9.06. The number of rotatable bonds is 1. The normalized spacial score (nSPS) is 29.0. The van der Waals surface area contributed by atoms with E-state index in [9.17, 15) is 0 Å². The smallest absolute Gasteiger partial charge is 0.0480 e. The van der Waals surface area contributed by atoms with Crippen LogP contribution >= 0.6 is 24.8 Å². The van der Waals surface area contributed by atoms with E-state index < -0.39 is 0 Å². The average Bonchev–Trinajstić information content (AvgIpc) is 2.19. The molecule has 92 valence electrons. The summed E-state index contributed by atoms with van der Waals surface area (Å²) in [7, 11) is 0. The largest absolute Gasteiger partial charge is 0.381 e. The molecule has 1 unspecified atom stereocenters. The monoisotopic (exact) mass is 256 g/mol. The number of ether oxygens (including phenoxy) is 1. The Kier molecular flexibility index (Phi) is 7.92. The molecule has 2 fully saturated rings. The molecule has 0 aromatic heterocycles. The third-order valence-electron chi connectivity index (χ3n) is 3.20. The second-order valence-corrected chi connectivity index (χ2v) is 4.24. The van der Waals surface area contributed by atoms with E-state index in [4.69, 9.17) is 10.5 Å². The minimum Gasteiger partial charge on any atom is -0.381 e. The standard InChI is InChI=1S/C10H20N2O.2ClH/c11-9-2-1-5-12(8-9)10-3-6-13-7-4-10;;/h9-10H,1-8,11H2;2*1H. The summed E-state index contributed by atoms with van der Waals surface area (Å²) in [5.41, 5.74) is 5.96. The molecule has 2 aliphatic heterocycles. The summed E-state index contributed by atoms with van der Waals surface area (Å²) in [5.74, 6) is 0. The molecule has 0 radical (unpaired) electrons. The van der Waals surface area contributed by atoms with E-state index >= 15 is 0 Å². The maximum atomic E-state index is 5.96. The van der Waals surface area contributed by atoms with Crippen LogP contribution in [-0.2, 0) is 4.74 Å². The minimum absolute atomic E-state index is 0. The fourth-order valence-corrected chi connectivity index (χ4v) is 2.42. The second kappa shape index (κ2) is 7.69. The van der Waals surface area contributed by atoms with Gasteiger partial charge in [-0.3, -0.25) is 4.90 Å². The Morgan fingerprint density at radius 1 is 1.07 bits per heavy atom. The Bertz CT molecular complexity index is 166. The summed E-state index contributed by atoms with van der Waals surface area (Å²) in [6, 6.07) is 1.16. The molecule has 5 heteroatoms. The highest BCUT2D eigenvalue weighted by Gasteiger charge is 2.25. The SMILES string of the molecule is Cl.Cl.NC1CCCN(C2CCOCC2)C1. The molecule has 0 amide bonds. The van der Waals surface area contributed by atoms with Gasteiger partial charge in [-0.25, -0.2) is 0 Å². The highest BCUT2D eigenvalue weighted by molar-refractivity contribution is 5.85. The summed E-state index contributed by atoms with van der Waals surface area (Å²) >= 11 is 0. The van der Waals surface area contributed by atoms with Gasteiger partial charge >= 0.3 is 0 Å². The highest BCUT2D eigenvalue weighted by atomic mass is 35.5. The fourth-order valence-electron chi connectivity index (χ4n) is 2.42. The molecule has 0 aromatic carbocycles. The van der Waals surface area contributed by atoms with Crippen LogP contribution in [0.15, 0.2) is 0 Å². The van der Waals surface area contributed by atoms with Crippen LogP contribution in [0.3, 0.4) is 0 Å². The van der Waals surface area contributed by atoms with Crippen molar-refractivity contribution in [3.05, 3.63) is 0 Å². The molecule has 2 rings (SSSR count). The van der Waals surface area contributed by atoms with Crippen molar-refractivity contribution in [3.8, 4) is 0 Å². The minimum atomic E-state index is 0. The van der Waals surface area contributed by atoms with Crippen LogP contribution in [-0.4, -0.2) is 43.3 Å². The molecule has 0 bridgehead atoms. The van der Waals surface area contributed by atoms with Gasteiger partial charge in [0.05, 0.1) is 0 Å². The van der Waals surface area contributed by atoms with Crippen molar-refractivity contribution >= 4 is 24.8 Å². The first kappa shape index (κ1) is 15.5. The molecule has 0 aromatic rings. The molecule has 2 N–H and O–H groups in total.